The van der Waals surface area contributed by atoms with Gasteiger partial charge in [0.1, 0.15) is 5.82 Å². The van der Waals surface area contributed by atoms with Gasteiger partial charge in [-0.25, -0.2) is 4.39 Å². The Bertz CT molecular complexity index is 557. The molecule has 0 bridgehead atoms. The van der Waals surface area contributed by atoms with Crippen LogP contribution in [0.4, 0.5) is 4.39 Å². The number of carbonyl (C=O) groups is 1. The predicted octanol–water partition coefficient (Wildman–Crippen LogP) is 5.30. The summed E-state index contributed by atoms with van der Waals surface area (Å²) in [6.45, 7) is 0. The molecule has 2 rings (SSSR count). The summed E-state index contributed by atoms with van der Waals surface area (Å²) in [5.41, 5.74) is 0.0258. The Morgan fingerprint density at radius 2 is 2.06 bits per heavy atom. The van der Waals surface area contributed by atoms with E-state index in [0.29, 0.717) is 18.2 Å². The van der Waals surface area contributed by atoms with E-state index < -0.39 is 5.82 Å². The first-order valence-electron chi connectivity index (χ1n) is 4.44. The normalized spacial score (nSPS) is 10.6. The Morgan fingerprint density at radius 3 is 2.59 bits per heavy atom. The van der Waals surface area contributed by atoms with Crippen molar-refractivity contribution in [1.82, 2.24) is 0 Å². The summed E-state index contributed by atoms with van der Waals surface area (Å²) in [7, 11) is 0. The van der Waals surface area contributed by atoms with E-state index in [1.807, 2.05) is 0 Å². The molecule has 2 aromatic rings. The van der Waals surface area contributed by atoms with E-state index in [4.69, 9.17) is 11.6 Å². The summed E-state index contributed by atoms with van der Waals surface area (Å²) in [5, 5.41) is 0.450. The first-order valence-corrected chi connectivity index (χ1v) is 7.22. The maximum absolute atomic E-state index is 13.6. The Morgan fingerprint density at radius 1 is 1.35 bits per heavy atom. The van der Waals surface area contributed by atoms with Crippen LogP contribution in [-0.4, -0.2) is 5.78 Å². The van der Waals surface area contributed by atoms with Crippen molar-refractivity contribution in [2.45, 2.75) is 0 Å². The zero-order chi connectivity index (χ0) is 12.6. The van der Waals surface area contributed by atoms with Crippen LogP contribution in [0.1, 0.15) is 15.2 Å². The average molecular weight is 398 g/mol. The van der Waals surface area contributed by atoms with Crippen molar-refractivity contribution >= 4 is 60.6 Å². The molecular formula is C11H4Br2ClFOS. The minimum Gasteiger partial charge on any atom is -0.288 e. The van der Waals surface area contributed by atoms with E-state index >= 15 is 0 Å². The highest BCUT2D eigenvalue weighted by Crippen LogP contribution is 2.34. The molecule has 1 heterocycles. The summed E-state index contributed by atoms with van der Waals surface area (Å²) in [6, 6.07) is 5.94. The second-order valence-corrected chi connectivity index (χ2v) is 6.79. The van der Waals surface area contributed by atoms with Crippen LogP contribution < -0.4 is 0 Å². The highest BCUT2D eigenvalue weighted by molar-refractivity contribution is 9.11. The molecule has 0 unspecified atom stereocenters. The van der Waals surface area contributed by atoms with Crippen LogP contribution in [0.3, 0.4) is 0 Å². The lowest BCUT2D eigenvalue weighted by atomic mass is 10.1. The number of carbonyl (C=O) groups excluding carboxylic acids is 1. The van der Waals surface area contributed by atoms with E-state index in [0.717, 1.165) is 0 Å². The van der Waals surface area contributed by atoms with Gasteiger partial charge in [0.15, 0.2) is 0 Å². The number of hydrogen-bond donors (Lipinski definition) is 0. The minimum absolute atomic E-state index is 0.0258. The van der Waals surface area contributed by atoms with Crippen molar-refractivity contribution in [3.63, 3.8) is 0 Å². The Balaban J connectivity index is 2.51. The molecule has 0 amide bonds. The molecule has 0 atom stereocenters. The fourth-order valence-corrected chi connectivity index (χ4v) is 3.47. The van der Waals surface area contributed by atoms with Crippen LogP contribution in [0.15, 0.2) is 32.5 Å². The molecule has 17 heavy (non-hydrogen) atoms. The molecule has 0 saturated heterocycles. The van der Waals surface area contributed by atoms with Gasteiger partial charge in [0.2, 0.25) is 5.78 Å². The maximum Gasteiger partial charge on any atom is 0.207 e. The van der Waals surface area contributed by atoms with Gasteiger partial charge in [-0.1, -0.05) is 17.7 Å². The Hall–Kier alpha value is -0.230. The number of thiophene rings is 1. The van der Waals surface area contributed by atoms with Gasteiger partial charge in [0, 0.05) is 4.47 Å². The van der Waals surface area contributed by atoms with Crippen molar-refractivity contribution < 1.29 is 9.18 Å². The quantitative estimate of drug-likeness (QED) is 0.628. The van der Waals surface area contributed by atoms with Crippen molar-refractivity contribution in [1.29, 1.82) is 0 Å². The van der Waals surface area contributed by atoms with Gasteiger partial charge in [-0.3, -0.25) is 4.79 Å². The van der Waals surface area contributed by atoms with Gasteiger partial charge in [0.05, 0.1) is 19.2 Å². The Labute approximate surface area is 123 Å². The van der Waals surface area contributed by atoms with Crippen LogP contribution >= 0.6 is 54.8 Å². The molecule has 0 spiro atoms. The van der Waals surface area contributed by atoms with Crippen LogP contribution in [0, 0.1) is 5.82 Å². The lowest BCUT2D eigenvalue weighted by molar-refractivity contribution is 0.103. The molecule has 1 aromatic heterocycles. The van der Waals surface area contributed by atoms with Crippen molar-refractivity contribution in [3.8, 4) is 0 Å². The Kier molecular flexibility index (Phi) is 4.02. The summed E-state index contributed by atoms with van der Waals surface area (Å²) < 4.78 is 14.7. The molecule has 0 radical (unpaired) electrons. The molecule has 1 nitrogen and oxygen atoms in total. The second kappa shape index (κ2) is 5.18. The lowest BCUT2D eigenvalue weighted by Gasteiger charge is -2.02. The zero-order valence-electron chi connectivity index (χ0n) is 8.14. The van der Waals surface area contributed by atoms with Crippen molar-refractivity contribution in [2.75, 3.05) is 0 Å². The standard InChI is InChI=1S/C11H4Br2ClFOS/c12-5-2-1-3-7(15)9(5)10(16)8-4-6(14)11(13)17-8/h1-4H. The molecule has 0 aliphatic rings. The number of hydrogen-bond acceptors (Lipinski definition) is 2. The van der Waals surface area contributed by atoms with E-state index in [-0.39, 0.29) is 11.3 Å². The summed E-state index contributed by atoms with van der Waals surface area (Å²) >= 11 is 13.4. The average Bonchev–Trinajstić information content (AvgIpc) is 2.59. The van der Waals surface area contributed by atoms with E-state index in [2.05, 4.69) is 31.9 Å². The third kappa shape index (κ3) is 2.62. The van der Waals surface area contributed by atoms with Gasteiger partial charge < -0.3 is 0 Å². The van der Waals surface area contributed by atoms with Gasteiger partial charge in [0.25, 0.3) is 0 Å². The number of rotatable bonds is 2. The summed E-state index contributed by atoms with van der Waals surface area (Å²) in [5.74, 6) is -0.933. The first kappa shape index (κ1) is 13.2. The highest BCUT2D eigenvalue weighted by atomic mass is 79.9. The largest absolute Gasteiger partial charge is 0.288 e. The van der Waals surface area contributed by atoms with Crippen LogP contribution in [-0.2, 0) is 0 Å². The van der Waals surface area contributed by atoms with E-state index in [9.17, 15) is 9.18 Å². The van der Waals surface area contributed by atoms with Crippen LogP contribution in [0.2, 0.25) is 5.02 Å². The molecule has 1 aromatic carbocycles. The van der Waals surface area contributed by atoms with Crippen molar-refractivity contribution in [3.05, 3.63) is 53.8 Å². The number of benzene rings is 1. The van der Waals surface area contributed by atoms with Crippen LogP contribution in [0.25, 0.3) is 0 Å². The van der Waals surface area contributed by atoms with Crippen LogP contribution in [0.5, 0.6) is 0 Å². The molecular weight excluding hydrogens is 394 g/mol. The van der Waals surface area contributed by atoms with E-state index in [1.54, 1.807) is 6.07 Å². The van der Waals surface area contributed by atoms with Gasteiger partial charge in [-0.2, -0.15) is 0 Å². The first-order chi connectivity index (χ1) is 8.00. The molecule has 88 valence electrons. The van der Waals surface area contributed by atoms with Gasteiger partial charge >= 0.3 is 0 Å². The smallest absolute Gasteiger partial charge is 0.207 e. The third-order valence-corrected chi connectivity index (χ3v) is 5.19. The SMILES string of the molecule is O=C(c1cc(Cl)c(Br)s1)c1c(F)cccc1Br. The van der Waals surface area contributed by atoms with Gasteiger partial charge in [-0.05, 0) is 50.1 Å². The molecule has 0 saturated carbocycles. The monoisotopic (exact) mass is 396 g/mol. The van der Waals surface area contributed by atoms with Crippen molar-refractivity contribution in [2.24, 2.45) is 0 Å². The highest BCUT2D eigenvalue weighted by Gasteiger charge is 2.20. The summed E-state index contributed by atoms with van der Waals surface area (Å²) in [6.07, 6.45) is 0. The fraction of sp³-hybridized carbons (Fsp3) is 0. The second-order valence-electron chi connectivity index (χ2n) is 3.16. The number of halogens is 4. The van der Waals surface area contributed by atoms with E-state index in [1.165, 1.54) is 29.5 Å². The lowest BCUT2D eigenvalue weighted by Crippen LogP contribution is -2.03. The number of ketones is 1. The maximum atomic E-state index is 13.6. The topological polar surface area (TPSA) is 17.1 Å². The molecule has 0 fully saturated rings. The zero-order valence-corrected chi connectivity index (χ0v) is 12.9. The molecule has 0 N–H and O–H groups in total. The molecule has 0 aliphatic heterocycles. The molecule has 6 heteroatoms. The predicted molar refractivity (Wildman–Crippen MR) is 74.6 cm³/mol. The molecule has 0 aliphatic carbocycles. The summed E-state index contributed by atoms with van der Waals surface area (Å²) in [4.78, 5) is 12.5. The van der Waals surface area contributed by atoms with Gasteiger partial charge in [-0.15, -0.1) is 11.3 Å². The fourth-order valence-electron chi connectivity index (χ4n) is 1.30. The third-order valence-electron chi connectivity index (χ3n) is 2.06. The minimum atomic E-state index is -0.551.